The minimum atomic E-state index is -0.821. The van der Waals surface area contributed by atoms with Gasteiger partial charge in [-0.15, -0.1) is 0 Å². The van der Waals surface area contributed by atoms with Gasteiger partial charge in [0, 0.05) is 5.56 Å². The van der Waals surface area contributed by atoms with Crippen LogP contribution in [-0.2, 0) is 4.79 Å². The molecule has 2 rings (SSSR count). The summed E-state index contributed by atoms with van der Waals surface area (Å²) in [4.78, 5) is 24.0. The van der Waals surface area contributed by atoms with Crippen molar-refractivity contribution >= 4 is 11.9 Å². The summed E-state index contributed by atoms with van der Waals surface area (Å²) in [5.74, 6) is -1.51. The monoisotopic (exact) mass is 289 g/mol. The lowest BCUT2D eigenvalue weighted by Crippen LogP contribution is -2.55. The molecule has 0 aromatic heterocycles. The zero-order chi connectivity index (χ0) is 15.6. The first-order chi connectivity index (χ1) is 9.83. The number of carboxylic acids is 1. The molecule has 0 aliphatic heterocycles. The molecule has 2 atom stereocenters. The molecule has 1 aliphatic rings. The molecule has 1 amide bonds. The van der Waals surface area contributed by atoms with Crippen LogP contribution in [0, 0.1) is 19.8 Å². The van der Waals surface area contributed by atoms with Gasteiger partial charge in [0.2, 0.25) is 0 Å². The highest BCUT2D eigenvalue weighted by Crippen LogP contribution is 2.34. The van der Waals surface area contributed by atoms with Crippen molar-refractivity contribution in [1.29, 1.82) is 0 Å². The lowest BCUT2D eigenvalue weighted by molar-refractivity contribution is -0.145. The predicted octanol–water partition coefficient (Wildman–Crippen LogP) is 3.07. The molecule has 0 radical (unpaired) electrons. The minimum absolute atomic E-state index is 0.174. The van der Waals surface area contributed by atoms with Crippen LogP contribution in [0.4, 0.5) is 0 Å². The van der Waals surface area contributed by atoms with Crippen LogP contribution in [0.1, 0.15) is 54.1 Å². The zero-order valence-electron chi connectivity index (χ0n) is 12.9. The van der Waals surface area contributed by atoms with Crippen LogP contribution in [0.3, 0.4) is 0 Å². The SMILES string of the molecule is Cc1ccc(C)c(C(=O)NC2(C)CCCCC2C(=O)O)c1. The Labute approximate surface area is 125 Å². The second-order valence-corrected chi connectivity index (χ2v) is 6.33. The first-order valence-electron chi connectivity index (χ1n) is 7.46. The predicted molar refractivity (Wildman–Crippen MR) is 81.4 cm³/mol. The number of hydrogen-bond donors (Lipinski definition) is 2. The summed E-state index contributed by atoms with van der Waals surface area (Å²) in [5, 5.41) is 12.4. The first-order valence-corrected chi connectivity index (χ1v) is 7.46. The molecule has 114 valence electrons. The molecule has 0 heterocycles. The second kappa shape index (κ2) is 5.88. The van der Waals surface area contributed by atoms with Gasteiger partial charge in [-0.3, -0.25) is 9.59 Å². The third kappa shape index (κ3) is 3.26. The molecule has 1 saturated carbocycles. The average Bonchev–Trinajstić information content (AvgIpc) is 2.41. The highest BCUT2D eigenvalue weighted by Gasteiger charge is 2.42. The Morgan fingerprint density at radius 3 is 2.67 bits per heavy atom. The summed E-state index contributed by atoms with van der Waals surface area (Å²) in [6.07, 6.45) is 3.19. The summed E-state index contributed by atoms with van der Waals surface area (Å²) >= 11 is 0. The lowest BCUT2D eigenvalue weighted by Gasteiger charge is -2.40. The Bertz CT molecular complexity index is 567. The molecule has 4 nitrogen and oxygen atoms in total. The van der Waals surface area contributed by atoms with Crippen LogP contribution >= 0.6 is 0 Å². The molecule has 4 heteroatoms. The molecule has 2 unspecified atom stereocenters. The lowest BCUT2D eigenvalue weighted by atomic mass is 9.73. The van der Waals surface area contributed by atoms with E-state index in [1.807, 2.05) is 39.0 Å². The van der Waals surface area contributed by atoms with E-state index in [-0.39, 0.29) is 5.91 Å². The molecular formula is C17H23NO3. The fraction of sp³-hybridized carbons (Fsp3) is 0.529. The standard InChI is InChI=1S/C17H23NO3/c1-11-7-8-12(2)13(10-11)15(19)18-17(3)9-5-4-6-14(17)16(20)21/h7-8,10,14H,4-6,9H2,1-3H3,(H,18,19)(H,20,21). The molecule has 0 saturated heterocycles. The zero-order valence-corrected chi connectivity index (χ0v) is 12.9. The Balaban J connectivity index is 2.24. The maximum Gasteiger partial charge on any atom is 0.308 e. The largest absolute Gasteiger partial charge is 0.481 e. The van der Waals surface area contributed by atoms with E-state index in [0.29, 0.717) is 18.4 Å². The summed E-state index contributed by atoms with van der Waals surface area (Å²) < 4.78 is 0. The number of rotatable bonds is 3. The third-order valence-corrected chi connectivity index (χ3v) is 4.54. The number of carbonyl (C=O) groups excluding carboxylic acids is 1. The van der Waals surface area contributed by atoms with Crippen molar-refractivity contribution in [1.82, 2.24) is 5.32 Å². The molecule has 1 aromatic carbocycles. The minimum Gasteiger partial charge on any atom is -0.481 e. The average molecular weight is 289 g/mol. The molecule has 1 aromatic rings. The van der Waals surface area contributed by atoms with Gasteiger partial charge in [-0.25, -0.2) is 0 Å². The Kier molecular flexibility index (Phi) is 4.35. The van der Waals surface area contributed by atoms with Crippen molar-refractivity contribution in [2.24, 2.45) is 5.92 Å². The van der Waals surface area contributed by atoms with Gasteiger partial charge in [-0.1, -0.05) is 30.5 Å². The molecule has 0 bridgehead atoms. The maximum atomic E-state index is 12.6. The van der Waals surface area contributed by atoms with Crippen LogP contribution in [0.5, 0.6) is 0 Å². The number of amides is 1. The van der Waals surface area contributed by atoms with E-state index in [9.17, 15) is 14.7 Å². The Hall–Kier alpha value is -1.84. The highest BCUT2D eigenvalue weighted by atomic mass is 16.4. The number of hydrogen-bond acceptors (Lipinski definition) is 2. The fourth-order valence-corrected chi connectivity index (χ4v) is 3.19. The molecular weight excluding hydrogens is 266 g/mol. The van der Waals surface area contributed by atoms with Crippen molar-refractivity contribution in [2.75, 3.05) is 0 Å². The van der Waals surface area contributed by atoms with Gasteiger partial charge in [0.1, 0.15) is 0 Å². The van der Waals surface area contributed by atoms with Crippen molar-refractivity contribution in [3.63, 3.8) is 0 Å². The van der Waals surface area contributed by atoms with Gasteiger partial charge in [-0.05, 0) is 45.2 Å². The molecule has 2 N–H and O–H groups in total. The summed E-state index contributed by atoms with van der Waals surface area (Å²) in [5.41, 5.74) is 1.89. The van der Waals surface area contributed by atoms with Crippen LogP contribution in [0.25, 0.3) is 0 Å². The quantitative estimate of drug-likeness (QED) is 0.898. The van der Waals surface area contributed by atoms with E-state index in [2.05, 4.69) is 5.32 Å². The van der Waals surface area contributed by atoms with Crippen molar-refractivity contribution in [3.05, 3.63) is 34.9 Å². The van der Waals surface area contributed by atoms with Crippen LogP contribution in [-0.4, -0.2) is 22.5 Å². The van der Waals surface area contributed by atoms with E-state index in [4.69, 9.17) is 0 Å². The van der Waals surface area contributed by atoms with Gasteiger partial charge in [0.15, 0.2) is 0 Å². The Morgan fingerprint density at radius 1 is 1.29 bits per heavy atom. The number of benzene rings is 1. The number of carboxylic acid groups (broad SMARTS) is 1. The second-order valence-electron chi connectivity index (χ2n) is 6.33. The van der Waals surface area contributed by atoms with Gasteiger partial charge in [0.25, 0.3) is 5.91 Å². The van der Waals surface area contributed by atoms with Gasteiger partial charge < -0.3 is 10.4 Å². The number of aryl methyl sites for hydroxylation is 2. The number of nitrogens with one attached hydrogen (secondary N) is 1. The highest BCUT2D eigenvalue weighted by molar-refractivity contribution is 5.96. The van der Waals surface area contributed by atoms with E-state index in [1.54, 1.807) is 0 Å². The van der Waals surface area contributed by atoms with Crippen LogP contribution in [0.2, 0.25) is 0 Å². The van der Waals surface area contributed by atoms with Gasteiger partial charge >= 0.3 is 5.97 Å². The molecule has 1 fully saturated rings. The van der Waals surface area contributed by atoms with E-state index in [1.165, 1.54) is 0 Å². The van der Waals surface area contributed by atoms with Crippen LogP contribution < -0.4 is 5.32 Å². The summed E-state index contributed by atoms with van der Waals surface area (Å²) in [7, 11) is 0. The number of aliphatic carboxylic acids is 1. The van der Waals surface area contributed by atoms with E-state index in [0.717, 1.165) is 24.0 Å². The molecule has 0 spiro atoms. The van der Waals surface area contributed by atoms with Crippen molar-refractivity contribution in [2.45, 2.75) is 52.0 Å². The number of carbonyl (C=O) groups is 2. The van der Waals surface area contributed by atoms with Gasteiger partial charge in [0.05, 0.1) is 11.5 Å². The van der Waals surface area contributed by atoms with E-state index < -0.39 is 17.4 Å². The Morgan fingerprint density at radius 2 is 2.00 bits per heavy atom. The topological polar surface area (TPSA) is 66.4 Å². The molecule has 1 aliphatic carbocycles. The fourth-order valence-electron chi connectivity index (χ4n) is 3.19. The third-order valence-electron chi connectivity index (χ3n) is 4.54. The normalized spacial score (nSPS) is 25.4. The summed E-state index contributed by atoms with van der Waals surface area (Å²) in [6, 6.07) is 5.74. The first kappa shape index (κ1) is 15.5. The summed E-state index contributed by atoms with van der Waals surface area (Å²) in [6.45, 7) is 5.69. The van der Waals surface area contributed by atoms with Crippen molar-refractivity contribution < 1.29 is 14.7 Å². The van der Waals surface area contributed by atoms with Crippen molar-refractivity contribution in [3.8, 4) is 0 Å². The maximum absolute atomic E-state index is 12.6. The van der Waals surface area contributed by atoms with Gasteiger partial charge in [-0.2, -0.15) is 0 Å². The van der Waals surface area contributed by atoms with E-state index >= 15 is 0 Å². The smallest absolute Gasteiger partial charge is 0.308 e. The molecule has 21 heavy (non-hydrogen) atoms. The van der Waals surface area contributed by atoms with Crippen LogP contribution in [0.15, 0.2) is 18.2 Å².